The van der Waals surface area contributed by atoms with Gasteiger partial charge in [0.25, 0.3) is 0 Å². The van der Waals surface area contributed by atoms with E-state index >= 15 is 0 Å². The van der Waals surface area contributed by atoms with E-state index in [0.29, 0.717) is 0 Å². The van der Waals surface area contributed by atoms with Gasteiger partial charge < -0.3 is 51.6 Å². The number of rotatable bonds is 47. The van der Waals surface area contributed by atoms with E-state index in [1.807, 2.05) is 0 Å². The van der Waals surface area contributed by atoms with E-state index in [9.17, 15) is 0 Å². The van der Waals surface area contributed by atoms with Crippen LogP contribution in [0.15, 0.2) is 141 Å². The maximum absolute atomic E-state index is 2.41. The summed E-state index contributed by atoms with van der Waals surface area (Å²) < 4.78 is 6.82. The van der Waals surface area contributed by atoms with E-state index in [1.165, 1.54) is 302 Å². The maximum atomic E-state index is 2.41. The molecular weight excluding hydrogens is 1150 g/mol. The van der Waals surface area contributed by atoms with Crippen molar-refractivity contribution in [1.29, 1.82) is 0 Å². The highest BCUT2D eigenvalue weighted by atomic mass is 79.9. The van der Waals surface area contributed by atoms with Gasteiger partial charge in [-0.1, -0.05) is 295 Å². The summed E-state index contributed by atoms with van der Waals surface area (Å²) in [6.07, 6.45) is 89.4. The molecule has 0 amide bonds. The maximum Gasteiger partial charge on any atom is 0.168 e. The van der Waals surface area contributed by atoms with Crippen molar-refractivity contribution in [3.63, 3.8) is 0 Å². The molecule has 5 rings (SSSR count). The SMILES string of the molecule is CCCCCCCCCCCCN1C=CC=CC1.CCCCCCCCCCN1C=CC=CC1.CCCCCCCCCC[n+]1ccccc1.CCCCCCCCCC[n+]1ccccc1.CCCCCCCCCC[n+]1ccccc1.[Br-].[Cl-].[Cl-]. The first-order valence-corrected chi connectivity index (χ1v) is 35.6. The third-order valence-corrected chi connectivity index (χ3v) is 16.0. The Morgan fingerprint density at radius 1 is 0.247 bits per heavy atom. The molecule has 0 aliphatic carbocycles. The summed E-state index contributed by atoms with van der Waals surface area (Å²) in [6, 6.07) is 18.8. The van der Waals surface area contributed by atoms with Crippen LogP contribution < -0.4 is 55.5 Å². The average Bonchev–Trinajstić information content (AvgIpc) is 3.54. The molecule has 0 radical (unpaired) electrons. The Kier molecular flexibility index (Phi) is 74.6. The van der Waals surface area contributed by atoms with Gasteiger partial charge in [0.05, 0.1) is 0 Å². The Hall–Kier alpha value is -2.93. The van der Waals surface area contributed by atoms with Crippen molar-refractivity contribution in [2.24, 2.45) is 0 Å². The highest BCUT2D eigenvalue weighted by Gasteiger charge is 2.03. The number of pyridine rings is 3. The Morgan fingerprint density at radius 3 is 0.647 bits per heavy atom. The second-order valence-corrected chi connectivity index (χ2v) is 24.0. The summed E-state index contributed by atoms with van der Waals surface area (Å²) >= 11 is 0. The molecular formula is C77H136BrCl2N5. The van der Waals surface area contributed by atoms with E-state index in [0.717, 1.165) is 13.1 Å². The van der Waals surface area contributed by atoms with Crippen molar-refractivity contribution in [3.05, 3.63) is 141 Å². The fourth-order valence-electron chi connectivity index (χ4n) is 10.6. The van der Waals surface area contributed by atoms with Crippen LogP contribution in [-0.4, -0.2) is 36.0 Å². The number of unbranched alkanes of at least 4 members (excludes halogenated alkanes) is 37. The van der Waals surface area contributed by atoms with E-state index < -0.39 is 0 Å². The summed E-state index contributed by atoms with van der Waals surface area (Å²) in [5.74, 6) is 0. The molecule has 85 heavy (non-hydrogen) atoms. The Balaban J connectivity index is -0.000000981. The Bertz CT molecular complexity index is 1660. The summed E-state index contributed by atoms with van der Waals surface area (Å²) in [7, 11) is 0. The molecule has 0 bridgehead atoms. The zero-order valence-electron chi connectivity index (χ0n) is 56.3. The molecule has 0 aromatic carbocycles. The number of aromatic nitrogens is 3. The van der Waals surface area contributed by atoms with Crippen molar-refractivity contribution < 1.29 is 55.5 Å². The molecule has 490 valence electrons. The lowest BCUT2D eigenvalue weighted by Gasteiger charge is -2.20. The summed E-state index contributed by atoms with van der Waals surface area (Å²) in [4.78, 5) is 4.81. The number of hydrogen-bond acceptors (Lipinski definition) is 2. The molecule has 2 aliphatic heterocycles. The van der Waals surface area contributed by atoms with Crippen LogP contribution >= 0.6 is 0 Å². The lowest BCUT2D eigenvalue weighted by molar-refractivity contribution is -0.697. The van der Waals surface area contributed by atoms with Gasteiger partial charge in [-0.05, 0) is 56.7 Å². The summed E-state index contributed by atoms with van der Waals surface area (Å²) in [6.45, 7) is 19.6. The van der Waals surface area contributed by atoms with Crippen molar-refractivity contribution in [2.45, 2.75) is 324 Å². The molecule has 0 atom stereocenters. The normalized spacial score (nSPS) is 11.8. The lowest BCUT2D eigenvalue weighted by Crippen LogP contribution is -3.00. The molecule has 0 saturated carbocycles. The lowest BCUT2D eigenvalue weighted by atomic mass is 10.1. The second-order valence-electron chi connectivity index (χ2n) is 24.0. The van der Waals surface area contributed by atoms with Crippen LogP contribution in [-0.2, 0) is 19.6 Å². The standard InChI is InChI=1S/C17H31N.C15H27N.3C15H26N.BrH.2ClH/c1-2-3-4-5-6-7-8-9-10-12-15-18-16-13-11-14-17-18;4*1-2-3-4-5-6-7-8-10-13-16-14-11-9-12-15-16;;;/h11,13-14,16H,2-10,12,15,17H2,1H3;9,11-12,14H,2-8,10,13,15H2,1H3;3*9,11-12,14-15H,2-8,10,13H2,1H3;3*1H/q;;3*+1;;;/p-3. The molecule has 0 unspecified atom stereocenters. The van der Waals surface area contributed by atoms with Crippen LogP contribution in [0.3, 0.4) is 0 Å². The van der Waals surface area contributed by atoms with Gasteiger partial charge in [0.1, 0.15) is 19.6 Å². The largest absolute Gasteiger partial charge is 1.00 e. The van der Waals surface area contributed by atoms with E-state index in [4.69, 9.17) is 0 Å². The number of allylic oxidation sites excluding steroid dienone is 4. The average molecular weight is 1280 g/mol. The van der Waals surface area contributed by atoms with Gasteiger partial charge in [-0.15, -0.1) is 0 Å². The van der Waals surface area contributed by atoms with Crippen LogP contribution in [0.4, 0.5) is 0 Å². The van der Waals surface area contributed by atoms with E-state index in [1.54, 1.807) is 0 Å². The smallest absolute Gasteiger partial charge is 0.168 e. The topological polar surface area (TPSA) is 18.1 Å². The van der Waals surface area contributed by atoms with Crippen molar-refractivity contribution >= 4 is 0 Å². The predicted octanol–water partition coefficient (Wildman–Crippen LogP) is 13.2. The van der Waals surface area contributed by atoms with Crippen molar-refractivity contribution in [2.75, 3.05) is 26.2 Å². The third kappa shape index (κ3) is 63.9. The van der Waals surface area contributed by atoms with Crippen LogP contribution in [0.25, 0.3) is 0 Å². The molecule has 0 fully saturated rings. The quantitative estimate of drug-likeness (QED) is 0.0414. The predicted molar refractivity (Wildman–Crippen MR) is 362 cm³/mol. The first-order chi connectivity index (χ1) is 40.7. The molecule has 3 aromatic heterocycles. The molecule has 2 aliphatic rings. The molecule has 0 N–H and O–H groups in total. The van der Waals surface area contributed by atoms with E-state index in [2.05, 4.69) is 199 Å². The number of hydrogen-bond donors (Lipinski definition) is 0. The monoisotopic (exact) mass is 1280 g/mol. The fraction of sp³-hybridized carbons (Fsp3) is 0.701. The van der Waals surface area contributed by atoms with Gasteiger partial charge in [0.2, 0.25) is 0 Å². The summed E-state index contributed by atoms with van der Waals surface area (Å²) in [5, 5.41) is 0. The first kappa shape index (κ1) is 86.3. The number of nitrogens with zero attached hydrogens (tertiary/aromatic N) is 5. The van der Waals surface area contributed by atoms with Crippen LogP contribution in [0.1, 0.15) is 304 Å². The molecule has 3 aromatic rings. The van der Waals surface area contributed by atoms with Crippen molar-refractivity contribution in [1.82, 2.24) is 9.80 Å². The van der Waals surface area contributed by atoms with Gasteiger partial charge in [0, 0.05) is 81.8 Å². The number of aryl methyl sites for hydroxylation is 3. The third-order valence-electron chi connectivity index (χ3n) is 16.0. The zero-order valence-corrected chi connectivity index (χ0v) is 59.4. The van der Waals surface area contributed by atoms with Crippen LogP contribution in [0, 0.1) is 0 Å². The fourth-order valence-corrected chi connectivity index (χ4v) is 10.6. The van der Waals surface area contributed by atoms with E-state index in [-0.39, 0.29) is 41.8 Å². The number of halogens is 3. The first-order valence-electron chi connectivity index (χ1n) is 35.6. The zero-order chi connectivity index (χ0) is 58.8. The van der Waals surface area contributed by atoms with Gasteiger partial charge in [0.15, 0.2) is 37.2 Å². The van der Waals surface area contributed by atoms with Crippen LogP contribution in [0.5, 0.6) is 0 Å². The van der Waals surface area contributed by atoms with Gasteiger partial charge in [-0.25, -0.2) is 13.7 Å². The second kappa shape index (κ2) is 73.5. The minimum atomic E-state index is 0. The van der Waals surface area contributed by atoms with Crippen molar-refractivity contribution in [3.8, 4) is 0 Å². The van der Waals surface area contributed by atoms with Gasteiger partial charge >= 0.3 is 0 Å². The van der Waals surface area contributed by atoms with Gasteiger partial charge in [-0.2, -0.15) is 0 Å². The van der Waals surface area contributed by atoms with Crippen LogP contribution in [0.2, 0.25) is 0 Å². The highest BCUT2D eigenvalue weighted by molar-refractivity contribution is 5.09. The molecule has 8 heteroatoms. The minimum Gasteiger partial charge on any atom is -1.00 e. The summed E-state index contributed by atoms with van der Waals surface area (Å²) in [5.41, 5.74) is 0. The molecule has 5 heterocycles. The molecule has 5 nitrogen and oxygen atoms in total. The molecule has 0 saturated heterocycles. The Morgan fingerprint density at radius 2 is 0.447 bits per heavy atom. The van der Waals surface area contributed by atoms with Gasteiger partial charge in [-0.3, -0.25) is 0 Å². The minimum absolute atomic E-state index is 0. The Labute approximate surface area is 552 Å². The molecule has 0 spiro atoms. The highest BCUT2D eigenvalue weighted by Crippen LogP contribution is 2.14.